The average molecular weight is 680 g/mol. The molecule has 47 heavy (non-hydrogen) atoms. The standard InChI is InChI=1S/C30H29N7O8S2/c38-25(37(35-28(40)41)18-16-31-47(43,44)30-32-22-13-7-8-14-23(22)46-30)19-36-17-15-24(33-27(36)39)34-29(42)45-26(20-9-3-1-4-10-20)21-11-5-2-6-12-21/h1-15,17,26,29,31,35,42H,16,18-19H2,(H,40,41)(H,33,34,39). The van der Waals surface area contributed by atoms with E-state index < -0.39 is 53.3 Å². The third-order valence-electron chi connectivity index (χ3n) is 6.58. The number of hydrogen-bond acceptors (Lipinski definition) is 11. The van der Waals surface area contributed by atoms with E-state index in [-0.39, 0.29) is 16.7 Å². The molecule has 0 aliphatic heterocycles. The molecule has 0 aliphatic rings. The fourth-order valence-electron chi connectivity index (χ4n) is 4.43. The number of carbonyl (C=O) groups is 2. The van der Waals surface area contributed by atoms with Crippen molar-refractivity contribution >= 4 is 49.4 Å². The molecule has 244 valence electrons. The number of fused-ring (bicyclic) bond motifs is 1. The smallest absolute Gasteiger partial charge is 0.423 e. The molecule has 5 N–H and O–H groups in total. The first kappa shape index (κ1) is 33.2. The molecule has 2 aromatic heterocycles. The van der Waals surface area contributed by atoms with Crippen molar-refractivity contribution in [1.29, 1.82) is 0 Å². The highest BCUT2D eigenvalue weighted by molar-refractivity contribution is 7.91. The Morgan fingerprint density at radius 3 is 2.19 bits per heavy atom. The van der Waals surface area contributed by atoms with E-state index in [0.717, 1.165) is 27.0 Å². The summed E-state index contributed by atoms with van der Waals surface area (Å²) in [7, 11) is -4.05. The van der Waals surface area contributed by atoms with Crippen LogP contribution in [0.5, 0.6) is 0 Å². The molecule has 1 unspecified atom stereocenters. The molecule has 5 aromatic rings. The average Bonchev–Trinajstić information content (AvgIpc) is 3.51. The Morgan fingerprint density at radius 2 is 1.57 bits per heavy atom. The highest BCUT2D eigenvalue weighted by Crippen LogP contribution is 2.27. The van der Waals surface area contributed by atoms with Crippen LogP contribution in [0.3, 0.4) is 0 Å². The van der Waals surface area contributed by atoms with Crippen molar-refractivity contribution in [1.82, 2.24) is 29.7 Å². The second-order valence-electron chi connectivity index (χ2n) is 9.87. The van der Waals surface area contributed by atoms with Crippen LogP contribution in [-0.4, -0.2) is 69.7 Å². The molecule has 2 amide bonds. The number of nitrogens with zero attached hydrogens (tertiary/aromatic N) is 4. The summed E-state index contributed by atoms with van der Waals surface area (Å²) in [4.78, 5) is 45.0. The Morgan fingerprint density at radius 1 is 0.936 bits per heavy atom. The van der Waals surface area contributed by atoms with Crippen molar-refractivity contribution in [3.05, 3.63) is 119 Å². The number of aliphatic hydroxyl groups excluding tert-OH is 1. The van der Waals surface area contributed by atoms with Crippen molar-refractivity contribution in [2.24, 2.45) is 0 Å². The second kappa shape index (κ2) is 14.9. The lowest BCUT2D eigenvalue weighted by molar-refractivity contribution is -0.134. The zero-order valence-corrected chi connectivity index (χ0v) is 26.1. The van der Waals surface area contributed by atoms with Crippen LogP contribution in [0.25, 0.3) is 10.2 Å². The monoisotopic (exact) mass is 679 g/mol. The molecule has 0 saturated carbocycles. The SMILES string of the molecule is O=C(O)NN(CCNS(=O)(=O)c1nc2ccccc2s1)C(=O)Cn1ccc(NC(O)OC(c2ccccc2)c2ccccc2)nc1=O. The predicted octanol–water partition coefficient (Wildman–Crippen LogP) is 2.34. The predicted molar refractivity (Wildman–Crippen MR) is 172 cm³/mol. The number of aromatic nitrogens is 3. The number of rotatable bonds is 13. The van der Waals surface area contributed by atoms with E-state index in [1.165, 1.54) is 12.3 Å². The lowest BCUT2D eigenvalue weighted by atomic mass is 10.0. The van der Waals surface area contributed by atoms with Gasteiger partial charge in [-0.05, 0) is 29.3 Å². The van der Waals surface area contributed by atoms with Crippen molar-refractivity contribution < 1.29 is 33.0 Å². The molecule has 0 spiro atoms. The molecule has 0 bridgehead atoms. The third kappa shape index (κ3) is 8.75. The largest absolute Gasteiger partial charge is 0.464 e. The number of carboxylic acid groups (broad SMARTS) is 1. The first-order valence-electron chi connectivity index (χ1n) is 14.0. The van der Waals surface area contributed by atoms with Crippen LogP contribution in [0.2, 0.25) is 0 Å². The van der Waals surface area contributed by atoms with Gasteiger partial charge in [0.1, 0.15) is 18.5 Å². The molecule has 17 heteroatoms. The molecule has 1 atom stereocenters. The molecule has 2 heterocycles. The van der Waals surface area contributed by atoms with Crippen LogP contribution < -0.4 is 21.2 Å². The molecule has 15 nitrogen and oxygen atoms in total. The van der Waals surface area contributed by atoms with Crippen molar-refractivity contribution in [3.63, 3.8) is 0 Å². The highest BCUT2D eigenvalue weighted by atomic mass is 32.2. The van der Waals surface area contributed by atoms with Gasteiger partial charge in [-0.3, -0.25) is 9.36 Å². The van der Waals surface area contributed by atoms with Crippen LogP contribution >= 0.6 is 11.3 Å². The first-order chi connectivity index (χ1) is 22.6. The van der Waals surface area contributed by atoms with Gasteiger partial charge in [0.05, 0.1) is 16.8 Å². The number of amides is 2. The Bertz CT molecular complexity index is 1930. The maximum absolute atomic E-state index is 12.9. The number of hydrazine groups is 1. The number of sulfonamides is 1. The molecule has 5 rings (SSSR count). The van der Waals surface area contributed by atoms with E-state index in [2.05, 4.69) is 20.0 Å². The minimum Gasteiger partial charge on any atom is -0.464 e. The summed E-state index contributed by atoms with van der Waals surface area (Å²) in [5, 5.41) is 23.1. The molecule has 0 fully saturated rings. The molecule has 0 aliphatic carbocycles. The van der Waals surface area contributed by atoms with E-state index in [9.17, 15) is 33.0 Å². The molecule has 0 saturated heterocycles. The molecule has 3 aromatic carbocycles. The Balaban J connectivity index is 1.20. The zero-order valence-electron chi connectivity index (χ0n) is 24.5. The van der Waals surface area contributed by atoms with Crippen LogP contribution in [-0.2, 0) is 26.1 Å². The number of benzene rings is 3. The highest BCUT2D eigenvalue weighted by Gasteiger charge is 2.23. The summed E-state index contributed by atoms with van der Waals surface area (Å²) in [5.74, 6) is -0.913. The van der Waals surface area contributed by atoms with Gasteiger partial charge in [-0.2, -0.15) is 4.98 Å². The summed E-state index contributed by atoms with van der Waals surface area (Å²) in [5.41, 5.74) is 3.09. The topological polar surface area (TPSA) is 205 Å². The summed E-state index contributed by atoms with van der Waals surface area (Å²) in [6.45, 7) is -1.38. The maximum atomic E-state index is 12.9. The fraction of sp³-hybridized carbons (Fsp3) is 0.167. The van der Waals surface area contributed by atoms with Crippen LogP contribution in [0, 0.1) is 0 Å². The number of anilines is 1. The van der Waals surface area contributed by atoms with Gasteiger partial charge in [0.25, 0.3) is 15.9 Å². The molecular formula is C30H29N7O8S2. The van der Waals surface area contributed by atoms with E-state index >= 15 is 0 Å². The van der Waals surface area contributed by atoms with Crippen LogP contribution in [0.4, 0.5) is 10.6 Å². The number of ether oxygens (including phenoxy) is 1. The fourth-order valence-corrected chi connectivity index (χ4v) is 6.72. The van der Waals surface area contributed by atoms with E-state index in [1.54, 1.807) is 24.3 Å². The van der Waals surface area contributed by atoms with Gasteiger partial charge in [0.15, 0.2) is 0 Å². The Labute approximate surface area is 272 Å². The minimum atomic E-state index is -4.05. The Kier molecular flexibility index (Phi) is 10.5. The van der Waals surface area contributed by atoms with Gasteiger partial charge in [-0.15, -0.1) is 11.3 Å². The lowest BCUT2D eigenvalue weighted by Crippen LogP contribution is -2.50. The number of thiazole rings is 1. The number of hydrogen-bond donors (Lipinski definition) is 5. The second-order valence-corrected chi connectivity index (χ2v) is 12.8. The number of carbonyl (C=O) groups excluding carboxylic acids is 1. The van der Waals surface area contributed by atoms with Crippen molar-refractivity contribution in [3.8, 4) is 0 Å². The summed E-state index contributed by atoms with van der Waals surface area (Å²) >= 11 is 0.963. The Hall–Kier alpha value is -5.20. The normalized spacial score (nSPS) is 12.1. The molecular weight excluding hydrogens is 651 g/mol. The van der Waals surface area contributed by atoms with Gasteiger partial charge >= 0.3 is 11.8 Å². The molecule has 0 radical (unpaired) electrons. The summed E-state index contributed by atoms with van der Waals surface area (Å²) < 4.78 is 35.0. The van der Waals surface area contributed by atoms with E-state index in [0.29, 0.717) is 15.2 Å². The van der Waals surface area contributed by atoms with E-state index in [1.807, 2.05) is 66.1 Å². The quantitative estimate of drug-likeness (QED) is 0.0902. The third-order valence-corrected chi connectivity index (χ3v) is 9.46. The minimum absolute atomic E-state index is 0.0455. The lowest BCUT2D eigenvalue weighted by Gasteiger charge is -2.23. The van der Waals surface area contributed by atoms with Crippen LogP contribution in [0.1, 0.15) is 17.2 Å². The van der Waals surface area contributed by atoms with Gasteiger partial charge < -0.3 is 20.3 Å². The van der Waals surface area contributed by atoms with Crippen molar-refractivity contribution in [2.75, 3.05) is 18.4 Å². The first-order valence-corrected chi connectivity index (χ1v) is 16.3. The van der Waals surface area contributed by atoms with Crippen LogP contribution in [0.15, 0.2) is 106 Å². The van der Waals surface area contributed by atoms with Gasteiger partial charge in [-0.1, -0.05) is 72.8 Å². The number of nitrogens with one attached hydrogen (secondary N) is 3. The number of para-hydroxylation sites is 1. The zero-order chi connectivity index (χ0) is 33.4. The summed E-state index contributed by atoms with van der Waals surface area (Å²) in [6, 6.07) is 26.7. The van der Waals surface area contributed by atoms with Gasteiger partial charge in [-0.25, -0.2) is 38.1 Å². The number of aliphatic hydroxyl groups is 1. The summed E-state index contributed by atoms with van der Waals surface area (Å²) in [6.07, 6.45) is -2.57. The van der Waals surface area contributed by atoms with E-state index in [4.69, 9.17) is 4.74 Å². The van der Waals surface area contributed by atoms with Crippen molar-refractivity contribution in [2.45, 2.75) is 23.4 Å². The van der Waals surface area contributed by atoms with Gasteiger partial charge in [0, 0.05) is 12.7 Å². The van der Waals surface area contributed by atoms with Gasteiger partial charge in [0.2, 0.25) is 10.8 Å². The maximum Gasteiger partial charge on any atom is 0.423 e.